The number of hydrogen-bond donors (Lipinski definition) is 1. The van der Waals surface area contributed by atoms with Crippen molar-refractivity contribution in [1.82, 2.24) is 9.80 Å². The van der Waals surface area contributed by atoms with E-state index in [0.29, 0.717) is 13.2 Å². The number of rotatable bonds is 12. The molecule has 0 aromatic rings. The summed E-state index contributed by atoms with van der Waals surface area (Å²) >= 11 is 0. The summed E-state index contributed by atoms with van der Waals surface area (Å²) < 4.78 is 10.4. The zero-order chi connectivity index (χ0) is 14.5. The number of piperazine rings is 1. The first-order chi connectivity index (χ1) is 9.86. The third-order valence-corrected chi connectivity index (χ3v) is 3.84. The molecule has 1 aliphatic rings. The Balaban J connectivity index is 1.91. The third-order valence-electron chi connectivity index (χ3n) is 3.84. The van der Waals surface area contributed by atoms with Gasteiger partial charge < -0.3 is 25.0 Å². The van der Waals surface area contributed by atoms with Gasteiger partial charge in [-0.3, -0.25) is 0 Å². The highest BCUT2D eigenvalue weighted by atomic mass is 16.5. The fraction of sp³-hybridized carbons (Fsp3) is 1.00. The molecule has 1 fully saturated rings. The van der Waals surface area contributed by atoms with Crippen LogP contribution in [0.25, 0.3) is 0 Å². The molecular formula is C15H33N3O2. The molecule has 0 aliphatic carbocycles. The quantitative estimate of drug-likeness (QED) is 0.538. The SMILES string of the molecule is COCCOCCCN1CCN(CCCCCN)CC1. The van der Waals surface area contributed by atoms with Gasteiger partial charge in [-0.2, -0.15) is 0 Å². The number of nitrogens with two attached hydrogens (primary N) is 1. The summed E-state index contributed by atoms with van der Waals surface area (Å²) in [5.74, 6) is 0. The standard InChI is InChI=1S/C15H33N3O2/c1-19-14-15-20-13-5-8-18-11-9-17(10-12-18)7-4-2-3-6-16/h2-16H2,1H3. The average molecular weight is 287 g/mol. The smallest absolute Gasteiger partial charge is 0.0700 e. The summed E-state index contributed by atoms with van der Waals surface area (Å²) in [5, 5.41) is 0. The number of ether oxygens (including phenoxy) is 2. The van der Waals surface area contributed by atoms with E-state index in [0.717, 1.165) is 26.1 Å². The molecule has 0 aromatic carbocycles. The van der Waals surface area contributed by atoms with Crippen LogP contribution < -0.4 is 5.73 Å². The van der Waals surface area contributed by atoms with E-state index in [4.69, 9.17) is 15.2 Å². The Morgan fingerprint density at radius 3 is 2.05 bits per heavy atom. The molecule has 1 aliphatic heterocycles. The van der Waals surface area contributed by atoms with Crippen LogP contribution in [0.5, 0.6) is 0 Å². The minimum atomic E-state index is 0.697. The highest BCUT2D eigenvalue weighted by Crippen LogP contribution is 2.05. The van der Waals surface area contributed by atoms with Gasteiger partial charge in [-0.25, -0.2) is 0 Å². The monoisotopic (exact) mass is 287 g/mol. The zero-order valence-electron chi connectivity index (χ0n) is 13.2. The Morgan fingerprint density at radius 2 is 1.45 bits per heavy atom. The van der Waals surface area contributed by atoms with E-state index in [-0.39, 0.29) is 0 Å². The van der Waals surface area contributed by atoms with Crippen LogP contribution in [0.4, 0.5) is 0 Å². The lowest BCUT2D eigenvalue weighted by molar-refractivity contribution is 0.0607. The van der Waals surface area contributed by atoms with E-state index in [1.54, 1.807) is 7.11 Å². The first-order valence-electron chi connectivity index (χ1n) is 8.08. The molecule has 0 atom stereocenters. The van der Waals surface area contributed by atoms with Gasteiger partial charge in [-0.05, 0) is 32.4 Å². The van der Waals surface area contributed by atoms with Gasteiger partial charge in [0, 0.05) is 46.4 Å². The fourth-order valence-corrected chi connectivity index (χ4v) is 2.53. The van der Waals surface area contributed by atoms with Crippen molar-refractivity contribution in [3.8, 4) is 0 Å². The molecule has 0 spiro atoms. The van der Waals surface area contributed by atoms with Crippen molar-refractivity contribution in [2.75, 3.05) is 72.7 Å². The molecule has 0 saturated carbocycles. The first kappa shape index (κ1) is 17.9. The summed E-state index contributed by atoms with van der Waals surface area (Å²) in [5.41, 5.74) is 5.51. The Labute approximate surface area is 124 Å². The Kier molecular flexibility index (Phi) is 11.2. The molecule has 1 saturated heterocycles. The van der Waals surface area contributed by atoms with Crippen LogP contribution in [0.2, 0.25) is 0 Å². The van der Waals surface area contributed by atoms with E-state index in [9.17, 15) is 0 Å². The summed E-state index contributed by atoms with van der Waals surface area (Å²) in [6.45, 7) is 10.3. The van der Waals surface area contributed by atoms with E-state index >= 15 is 0 Å². The lowest BCUT2D eigenvalue weighted by Crippen LogP contribution is -2.46. The summed E-state index contributed by atoms with van der Waals surface area (Å²) in [7, 11) is 1.71. The average Bonchev–Trinajstić information content (AvgIpc) is 2.49. The summed E-state index contributed by atoms with van der Waals surface area (Å²) in [6.07, 6.45) is 4.86. The van der Waals surface area contributed by atoms with Gasteiger partial charge in [0.2, 0.25) is 0 Å². The molecule has 0 radical (unpaired) electrons. The van der Waals surface area contributed by atoms with Crippen molar-refractivity contribution in [3.63, 3.8) is 0 Å². The van der Waals surface area contributed by atoms with E-state index in [1.165, 1.54) is 52.0 Å². The third kappa shape index (κ3) is 8.87. The highest BCUT2D eigenvalue weighted by molar-refractivity contribution is 4.71. The molecular weight excluding hydrogens is 254 g/mol. The number of hydrogen-bond acceptors (Lipinski definition) is 5. The largest absolute Gasteiger partial charge is 0.382 e. The van der Waals surface area contributed by atoms with Crippen LogP contribution in [0.15, 0.2) is 0 Å². The van der Waals surface area contributed by atoms with Crippen LogP contribution in [-0.4, -0.2) is 82.5 Å². The second-order valence-corrected chi connectivity index (χ2v) is 5.49. The topological polar surface area (TPSA) is 51.0 Å². The maximum absolute atomic E-state index is 5.51. The second kappa shape index (κ2) is 12.5. The van der Waals surface area contributed by atoms with Gasteiger partial charge in [0.05, 0.1) is 13.2 Å². The molecule has 5 heteroatoms. The van der Waals surface area contributed by atoms with Gasteiger partial charge in [0.15, 0.2) is 0 Å². The maximum Gasteiger partial charge on any atom is 0.0700 e. The van der Waals surface area contributed by atoms with Crippen molar-refractivity contribution < 1.29 is 9.47 Å². The Morgan fingerprint density at radius 1 is 0.800 bits per heavy atom. The van der Waals surface area contributed by atoms with Crippen LogP contribution in [0, 0.1) is 0 Å². The molecule has 20 heavy (non-hydrogen) atoms. The molecule has 0 aromatic heterocycles. The van der Waals surface area contributed by atoms with Crippen molar-refractivity contribution >= 4 is 0 Å². The van der Waals surface area contributed by atoms with Gasteiger partial charge in [-0.15, -0.1) is 0 Å². The van der Waals surface area contributed by atoms with E-state index < -0.39 is 0 Å². The Bertz CT molecular complexity index is 209. The predicted octanol–water partition coefficient (Wildman–Crippen LogP) is 0.786. The molecule has 2 N–H and O–H groups in total. The normalized spacial score (nSPS) is 17.7. The van der Waals surface area contributed by atoms with Crippen molar-refractivity contribution in [1.29, 1.82) is 0 Å². The van der Waals surface area contributed by atoms with Crippen molar-refractivity contribution in [3.05, 3.63) is 0 Å². The zero-order valence-corrected chi connectivity index (χ0v) is 13.2. The van der Waals surface area contributed by atoms with Crippen LogP contribution in [0.1, 0.15) is 25.7 Å². The first-order valence-corrected chi connectivity index (χ1v) is 8.08. The van der Waals surface area contributed by atoms with Gasteiger partial charge in [0.1, 0.15) is 0 Å². The molecule has 1 heterocycles. The van der Waals surface area contributed by atoms with Gasteiger partial charge in [-0.1, -0.05) is 6.42 Å². The minimum Gasteiger partial charge on any atom is -0.382 e. The second-order valence-electron chi connectivity index (χ2n) is 5.49. The van der Waals surface area contributed by atoms with Crippen LogP contribution in [0.3, 0.4) is 0 Å². The highest BCUT2D eigenvalue weighted by Gasteiger charge is 2.15. The lowest BCUT2D eigenvalue weighted by atomic mass is 10.2. The molecule has 5 nitrogen and oxygen atoms in total. The summed E-state index contributed by atoms with van der Waals surface area (Å²) in [4.78, 5) is 5.14. The molecule has 0 unspecified atom stereocenters. The summed E-state index contributed by atoms with van der Waals surface area (Å²) in [6, 6.07) is 0. The van der Waals surface area contributed by atoms with Gasteiger partial charge >= 0.3 is 0 Å². The Hall–Kier alpha value is -0.200. The molecule has 0 bridgehead atoms. The maximum atomic E-state index is 5.51. The number of unbranched alkanes of at least 4 members (excludes halogenated alkanes) is 2. The van der Waals surface area contributed by atoms with Crippen LogP contribution in [-0.2, 0) is 9.47 Å². The lowest BCUT2D eigenvalue weighted by Gasteiger charge is -2.34. The minimum absolute atomic E-state index is 0.697. The number of nitrogens with zero attached hydrogens (tertiary/aromatic N) is 2. The van der Waals surface area contributed by atoms with Crippen LogP contribution >= 0.6 is 0 Å². The molecule has 0 amide bonds. The predicted molar refractivity (Wildman–Crippen MR) is 83.1 cm³/mol. The number of methoxy groups -OCH3 is 1. The molecule has 1 rings (SSSR count). The molecule has 120 valence electrons. The van der Waals surface area contributed by atoms with Gasteiger partial charge in [0.25, 0.3) is 0 Å². The van der Waals surface area contributed by atoms with Crippen molar-refractivity contribution in [2.45, 2.75) is 25.7 Å². The van der Waals surface area contributed by atoms with E-state index in [1.807, 2.05) is 0 Å². The van der Waals surface area contributed by atoms with E-state index in [2.05, 4.69) is 9.80 Å². The van der Waals surface area contributed by atoms with Crippen molar-refractivity contribution in [2.24, 2.45) is 5.73 Å². The fourth-order valence-electron chi connectivity index (χ4n) is 2.53.